The van der Waals surface area contributed by atoms with E-state index in [0.29, 0.717) is 12.6 Å². The first-order valence-corrected chi connectivity index (χ1v) is 11.1. The molecule has 3 nitrogen and oxygen atoms in total. The number of hydrogen-bond donors (Lipinski definition) is 0. The molecule has 1 aromatic rings. The molecule has 2 unspecified atom stereocenters. The zero-order valence-electron chi connectivity index (χ0n) is 17.2. The molecular formula is C25H35NO2. The van der Waals surface area contributed by atoms with Crippen LogP contribution >= 0.6 is 0 Å². The van der Waals surface area contributed by atoms with E-state index < -0.39 is 0 Å². The molecule has 2 heterocycles. The molecule has 1 fully saturated rings. The molecule has 0 radical (unpaired) electrons. The normalized spacial score (nSPS) is 20.7. The van der Waals surface area contributed by atoms with Gasteiger partial charge >= 0.3 is 6.09 Å². The molecule has 0 aromatic heterocycles. The Morgan fingerprint density at radius 1 is 1.07 bits per heavy atom. The van der Waals surface area contributed by atoms with Crippen molar-refractivity contribution in [2.24, 2.45) is 0 Å². The Morgan fingerprint density at radius 2 is 1.82 bits per heavy atom. The number of carbonyl (C=O) groups is 1. The number of rotatable bonds is 11. The first-order chi connectivity index (χ1) is 13.8. The number of amides is 1. The van der Waals surface area contributed by atoms with Gasteiger partial charge in [0.2, 0.25) is 0 Å². The first-order valence-electron chi connectivity index (χ1n) is 11.1. The van der Waals surface area contributed by atoms with Crippen molar-refractivity contribution in [1.29, 1.82) is 0 Å². The molecule has 1 saturated heterocycles. The predicted octanol–water partition coefficient (Wildman–Crippen LogP) is 6.79. The summed E-state index contributed by atoms with van der Waals surface area (Å²) >= 11 is 0. The van der Waals surface area contributed by atoms with Gasteiger partial charge in [0.05, 0.1) is 6.04 Å². The molecule has 3 rings (SSSR count). The van der Waals surface area contributed by atoms with E-state index in [4.69, 9.17) is 4.74 Å². The van der Waals surface area contributed by atoms with Crippen molar-refractivity contribution in [1.82, 2.24) is 4.90 Å². The van der Waals surface area contributed by atoms with E-state index in [1.165, 1.54) is 44.9 Å². The van der Waals surface area contributed by atoms with Crippen LogP contribution in [-0.2, 0) is 11.3 Å². The molecule has 0 saturated carbocycles. The molecule has 2 aliphatic heterocycles. The van der Waals surface area contributed by atoms with Crippen molar-refractivity contribution in [2.45, 2.75) is 89.3 Å². The fourth-order valence-electron chi connectivity index (χ4n) is 4.53. The van der Waals surface area contributed by atoms with Gasteiger partial charge < -0.3 is 4.74 Å². The van der Waals surface area contributed by atoms with Gasteiger partial charge in [0.25, 0.3) is 0 Å². The number of allylic oxidation sites excluding steroid dienone is 1. The smallest absolute Gasteiger partial charge is 0.410 e. The predicted molar refractivity (Wildman–Crippen MR) is 115 cm³/mol. The third-order valence-electron chi connectivity index (χ3n) is 6.04. The summed E-state index contributed by atoms with van der Waals surface area (Å²) in [4.78, 5) is 14.6. The van der Waals surface area contributed by atoms with Crippen LogP contribution in [0.3, 0.4) is 0 Å². The number of ether oxygens (including phenoxy) is 1. The lowest BCUT2D eigenvalue weighted by molar-refractivity contribution is 0.0814. The largest absolute Gasteiger partial charge is 0.445 e. The highest BCUT2D eigenvalue weighted by atomic mass is 16.6. The monoisotopic (exact) mass is 381 g/mol. The van der Waals surface area contributed by atoms with Gasteiger partial charge in [-0.2, -0.15) is 0 Å². The summed E-state index contributed by atoms with van der Waals surface area (Å²) in [5.74, 6) is 0. The van der Waals surface area contributed by atoms with Crippen LogP contribution in [0.1, 0.15) is 76.2 Å². The Labute approximate surface area is 170 Å². The Balaban J connectivity index is 1.38. The number of unbranched alkanes of at least 4 members (excludes halogenated alkanes) is 6. The van der Waals surface area contributed by atoms with Crippen molar-refractivity contribution in [3.8, 4) is 0 Å². The average Bonchev–Trinajstić information content (AvgIpc) is 2.99. The second kappa shape index (κ2) is 11.1. The summed E-state index contributed by atoms with van der Waals surface area (Å²) in [5.41, 5.74) is 2.60. The van der Waals surface area contributed by atoms with Crippen LogP contribution < -0.4 is 0 Å². The number of hydrogen-bond acceptors (Lipinski definition) is 2. The highest BCUT2D eigenvalue weighted by Gasteiger charge is 2.40. The van der Waals surface area contributed by atoms with E-state index in [1.54, 1.807) is 5.57 Å². The van der Waals surface area contributed by atoms with Gasteiger partial charge in [-0.1, -0.05) is 73.7 Å². The molecule has 2 aliphatic rings. The molecule has 1 aromatic carbocycles. The van der Waals surface area contributed by atoms with Crippen LogP contribution in [0.25, 0.3) is 0 Å². The molecule has 152 valence electrons. The average molecular weight is 382 g/mol. The molecular weight excluding hydrogens is 346 g/mol. The Kier molecular flexibility index (Phi) is 8.20. The zero-order valence-corrected chi connectivity index (χ0v) is 17.2. The van der Waals surface area contributed by atoms with Crippen molar-refractivity contribution in [2.75, 3.05) is 0 Å². The first kappa shape index (κ1) is 20.7. The van der Waals surface area contributed by atoms with E-state index in [2.05, 4.69) is 12.7 Å². The second-order valence-electron chi connectivity index (χ2n) is 8.22. The molecule has 1 amide bonds. The number of fused-ring (bicyclic) bond motifs is 2. The Hall–Kier alpha value is -2.03. The number of carbonyl (C=O) groups excluding carboxylic acids is 1. The third kappa shape index (κ3) is 5.98. The number of benzene rings is 1. The van der Waals surface area contributed by atoms with Crippen molar-refractivity contribution >= 4 is 6.09 Å². The number of nitrogens with zero attached hydrogens (tertiary/aromatic N) is 1. The van der Waals surface area contributed by atoms with Crippen molar-refractivity contribution in [3.63, 3.8) is 0 Å². The van der Waals surface area contributed by atoms with Crippen LogP contribution in [0, 0.1) is 0 Å². The van der Waals surface area contributed by atoms with Gasteiger partial charge in [0, 0.05) is 6.04 Å². The third-order valence-corrected chi connectivity index (χ3v) is 6.04. The molecule has 0 spiro atoms. The van der Waals surface area contributed by atoms with E-state index >= 15 is 0 Å². The second-order valence-corrected chi connectivity index (χ2v) is 8.22. The molecule has 2 bridgehead atoms. The fourth-order valence-corrected chi connectivity index (χ4v) is 4.53. The van der Waals surface area contributed by atoms with E-state index in [9.17, 15) is 4.79 Å². The molecule has 0 aliphatic carbocycles. The van der Waals surface area contributed by atoms with Gasteiger partial charge in [-0.25, -0.2) is 4.79 Å². The summed E-state index contributed by atoms with van der Waals surface area (Å²) in [6, 6.07) is 10.5. The van der Waals surface area contributed by atoms with Gasteiger partial charge in [0.1, 0.15) is 6.61 Å². The van der Waals surface area contributed by atoms with Gasteiger partial charge in [-0.15, -0.1) is 6.58 Å². The fraction of sp³-hybridized carbons (Fsp3) is 0.560. The minimum atomic E-state index is -0.147. The van der Waals surface area contributed by atoms with Crippen LogP contribution in [0.4, 0.5) is 4.79 Å². The lowest BCUT2D eigenvalue weighted by Crippen LogP contribution is -2.43. The maximum atomic E-state index is 12.6. The summed E-state index contributed by atoms with van der Waals surface area (Å²) in [6.45, 7) is 4.14. The molecule has 0 N–H and O–H groups in total. The quantitative estimate of drug-likeness (QED) is 0.312. The summed E-state index contributed by atoms with van der Waals surface area (Å²) in [6.07, 6.45) is 17.7. The van der Waals surface area contributed by atoms with Crippen molar-refractivity contribution < 1.29 is 9.53 Å². The Morgan fingerprint density at radius 3 is 2.57 bits per heavy atom. The summed E-state index contributed by atoms with van der Waals surface area (Å²) in [5, 5.41) is 0. The standard InChI is InChI=1S/C25H35NO2/c1-2-3-4-5-6-7-8-10-15-22-18-23-16-17-24(19-22)26(23)25(27)28-20-21-13-11-9-12-14-21/h2,9,11-14,18,23-24H,1,3-8,10,15-17,19-20H2. The maximum Gasteiger partial charge on any atom is 0.410 e. The molecule has 3 heteroatoms. The van der Waals surface area contributed by atoms with Gasteiger partial charge in [-0.3, -0.25) is 4.90 Å². The minimum absolute atomic E-state index is 0.147. The SMILES string of the molecule is C=CCCCCCCCCC1=CC2CCC(C1)N2C(=O)OCc1ccccc1. The Bertz CT molecular complexity index is 652. The van der Waals surface area contributed by atoms with E-state index in [-0.39, 0.29) is 12.1 Å². The summed E-state index contributed by atoms with van der Waals surface area (Å²) < 4.78 is 5.59. The van der Waals surface area contributed by atoms with Crippen LogP contribution in [-0.4, -0.2) is 23.1 Å². The van der Waals surface area contributed by atoms with E-state index in [0.717, 1.165) is 31.2 Å². The lowest BCUT2D eigenvalue weighted by atomic mass is 9.96. The van der Waals surface area contributed by atoms with Crippen LogP contribution in [0.5, 0.6) is 0 Å². The maximum absolute atomic E-state index is 12.6. The van der Waals surface area contributed by atoms with Crippen LogP contribution in [0.2, 0.25) is 0 Å². The molecule has 2 atom stereocenters. The van der Waals surface area contributed by atoms with Crippen molar-refractivity contribution in [3.05, 3.63) is 60.2 Å². The highest BCUT2D eigenvalue weighted by Crippen LogP contribution is 2.37. The topological polar surface area (TPSA) is 29.5 Å². The highest BCUT2D eigenvalue weighted by molar-refractivity contribution is 5.70. The van der Waals surface area contributed by atoms with Crippen LogP contribution in [0.15, 0.2) is 54.6 Å². The van der Waals surface area contributed by atoms with Gasteiger partial charge in [-0.05, 0) is 50.5 Å². The minimum Gasteiger partial charge on any atom is -0.445 e. The van der Waals surface area contributed by atoms with E-state index in [1.807, 2.05) is 41.3 Å². The molecule has 28 heavy (non-hydrogen) atoms. The lowest BCUT2D eigenvalue weighted by Gasteiger charge is -2.33. The van der Waals surface area contributed by atoms with Gasteiger partial charge in [0.15, 0.2) is 0 Å². The summed E-state index contributed by atoms with van der Waals surface area (Å²) in [7, 11) is 0. The zero-order chi connectivity index (χ0) is 19.6.